The Hall–Kier alpha value is -0.120. The van der Waals surface area contributed by atoms with Gasteiger partial charge in [0.2, 0.25) is 0 Å². The number of nitrogens with two attached hydrogens (primary N) is 1. The number of rotatable bonds is 7. The van der Waals surface area contributed by atoms with Gasteiger partial charge in [0.25, 0.3) is 0 Å². The van der Waals surface area contributed by atoms with Gasteiger partial charge in [0, 0.05) is 12.6 Å². The van der Waals surface area contributed by atoms with E-state index >= 15 is 0 Å². The number of ether oxygens (including phenoxy) is 1. The summed E-state index contributed by atoms with van der Waals surface area (Å²) in [5, 5.41) is 0. The third kappa shape index (κ3) is 4.40. The second-order valence-corrected chi connectivity index (χ2v) is 4.22. The Labute approximate surface area is 87.4 Å². The lowest BCUT2D eigenvalue weighted by molar-refractivity contribution is 0.101. The van der Waals surface area contributed by atoms with Crippen LogP contribution in [0.1, 0.15) is 51.9 Å². The maximum atomic E-state index is 5.58. The normalized spacial score (nSPS) is 24.0. The number of hydrazine groups is 1. The van der Waals surface area contributed by atoms with Crippen molar-refractivity contribution in [2.75, 3.05) is 6.61 Å². The zero-order chi connectivity index (χ0) is 10.2. The summed E-state index contributed by atoms with van der Waals surface area (Å²) in [5.41, 5.74) is 2.89. The summed E-state index contributed by atoms with van der Waals surface area (Å²) in [4.78, 5) is 0. The molecule has 0 radical (unpaired) electrons. The van der Waals surface area contributed by atoms with E-state index in [0.29, 0.717) is 12.1 Å². The van der Waals surface area contributed by atoms with Crippen molar-refractivity contribution in [3.8, 4) is 0 Å². The van der Waals surface area contributed by atoms with Gasteiger partial charge in [-0.25, -0.2) is 0 Å². The highest BCUT2D eigenvalue weighted by Crippen LogP contribution is 2.18. The molecule has 0 spiro atoms. The fourth-order valence-corrected chi connectivity index (χ4v) is 2.12. The lowest BCUT2D eigenvalue weighted by atomic mass is 10.0. The highest BCUT2D eigenvalue weighted by atomic mass is 16.5. The molecule has 0 saturated carbocycles. The van der Waals surface area contributed by atoms with Gasteiger partial charge < -0.3 is 4.74 Å². The van der Waals surface area contributed by atoms with Gasteiger partial charge in [-0.3, -0.25) is 11.3 Å². The first kappa shape index (κ1) is 12.0. The third-order valence-electron chi connectivity index (χ3n) is 2.98. The van der Waals surface area contributed by atoms with Gasteiger partial charge in [0.1, 0.15) is 0 Å². The van der Waals surface area contributed by atoms with Gasteiger partial charge in [-0.15, -0.1) is 0 Å². The highest BCUT2D eigenvalue weighted by molar-refractivity contribution is 4.68. The Morgan fingerprint density at radius 1 is 1.50 bits per heavy atom. The van der Waals surface area contributed by atoms with Crippen molar-refractivity contribution in [3.05, 3.63) is 0 Å². The van der Waals surface area contributed by atoms with E-state index in [2.05, 4.69) is 12.3 Å². The maximum Gasteiger partial charge on any atom is 0.0576 e. The molecular weight excluding hydrogens is 176 g/mol. The molecule has 1 heterocycles. The minimum atomic E-state index is 0.501. The fraction of sp³-hybridized carbons (Fsp3) is 1.00. The molecule has 0 aliphatic carbocycles. The molecule has 84 valence electrons. The van der Waals surface area contributed by atoms with Crippen LogP contribution in [0.15, 0.2) is 0 Å². The number of hydrogen-bond donors (Lipinski definition) is 2. The molecule has 0 aromatic carbocycles. The summed E-state index contributed by atoms with van der Waals surface area (Å²) in [5.74, 6) is 5.47. The fourth-order valence-electron chi connectivity index (χ4n) is 2.12. The molecule has 1 rings (SSSR count). The van der Waals surface area contributed by atoms with Crippen molar-refractivity contribution in [1.29, 1.82) is 0 Å². The Kier molecular flexibility index (Phi) is 6.15. The topological polar surface area (TPSA) is 47.3 Å². The summed E-state index contributed by atoms with van der Waals surface area (Å²) in [6.07, 6.45) is 9.06. The van der Waals surface area contributed by atoms with Crippen LogP contribution in [-0.4, -0.2) is 18.8 Å². The van der Waals surface area contributed by atoms with Crippen molar-refractivity contribution < 1.29 is 4.74 Å². The van der Waals surface area contributed by atoms with Crippen LogP contribution in [0.4, 0.5) is 0 Å². The zero-order valence-electron chi connectivity index (χ0n) is 9.30. The van der Waals surface area contributed by atoms with E-state index in [1.807, 2.05) is 0 Å². The van der Waals surface area contributed by atoms with Crippen molar-refractivity contribution in [2.45, 2.75) is 64.0 Å². The second kappa shape index (κ2) is 7.21. The standard InChI is InChI=1S/C11H24N2O/c1-2-5-10(13-12)6-3-7-11-8-4-9-14-11/h10-11,13H,2-9,12H2,1H3. The predicted molar refractivity (Wildman–Crippen MR) is 58.8 cm³/mol. The smallest absolute Gasteiger partial charge is 0.0576 e. The molecule has 2 unspecified atom stereocenters. The summed E-state index contributed by atoms with van der Waals surface area (Å²) in [6.45, 7) is 3.17. The summed E-state index contributed by atoms with van der Waals surface area (Å²) < 4.78 is 5.58. The molecule has 0 aromatic rings. The van der Waals surface area contributed by atoms with Gasteiger partial charge in [0.05, 0.1) is 6.10 Å². The first-order valence-corrected chi connectivity index (χ1v) is 5.94. The minimum Gasteiger partial charge on any atom is -0.378 e. The summed E-state index contributed by atoms with van der Waals surface area (Å²) in [7, 11) is 0. The molecule has 1 saturated heterocycles. The van der Waals surface area contributed by atoms with Gasteiger partial charge in [0.15, 0.2) is 0 Å². The van der Waals surface area contributed by atoms with Crippen LogP contribution >= 0.6 is 0 Å². The molecule has 0 aromatic heterocycles. The largest absolute Gasteiger partial charge is 0.378 e. The van der Waals surface area contributed by atoms with E-state index in [1.165, 1.54) is 44.9 Å². The van der Waals surface area contributed by atoms with Gasteiger partial charge in [-0.05, 0) is 38.5 Å². The van der Waals surface area contributed by atoms with E-state index in [-0.39, 0.29) is 0 Å². The van der Waals surface area contributed by atoms with Gasteiger partial charge in [-0.2, -0.15) is 0 Å². The lowest BCUT2D eigenvalue weighted by Gasteiger charge is -2.15. The van der Waals surface area contributed by atoms with Crippen molar-refractivity contribution in [1.82, 2.24) is 5.43 Å². The Balaban J connectivity index is 2.00. The van der Waals surface area contributed by atoms with E-state index in [9.17, 15) is 0 Å². The van der Waals surface area contributed by atoms with Gasteiger partial charge >= 0.3 is 0 Å². The molecule has 0 amide bonds. The monoisotopic (exact) mass is 200 g/mol. The van der Waals surface area contributed by atoms with Crippen molar-refractivity contribution in [2.24, 2.45) is 5.84 Å². The molecule has 3 nitrogen and oxygen atoms in total. The van der Waals surface area contributed by atoms with Gasteiger partial charge in [-0.1, -0.05) is 13.3 Å². The summed E-state index contributed by atoms with van der Waals surface area (Å²) in [6, 6.07) is 0.501. The SMILES string of the molecule is CCCC(CCCC1CCCO1)NN. The van der Waals surface area contributed by atoms with Crippen LogP contribution in [0.25, 0.3) is 0 Å². The molecule has 2 atom stereocenters. The molecule has 14 heavy (non-hydrogen) atoms. The molecule has 3 heteroatoms. The predicted octanol–water partition coefficient (Wildman–Crippen LogP) is 1.97. The highest BCUT2D eigenvalue weighted by Gasteiger charge is 2.15. The van der Waals surface area contributed by atoms with Crippen LogP contribution in [0.5, 0.6) is 0 Å². The Morgan fingerprint density at radius 3 is 2.93 bits per heavy atom. The van der Waals surface area contributed by atoms with Crippen LogP contribution in [0.2, 0.25) is 0 Å². The van der Waals surface area contributed by atoms with Crippen molar-refractivity contribution in [3.63, 3.8) is 0 Å². The summed E-state index contributed by atoms with van der Waals surface area (Å²) >= 11 is 0. The third-order valence-corrected chi connectivity index (χ3v) is 2.98. The van der Waals surface area contributed by atoms with Crippen molar-refractivity contribution >= 4 is 0 Å². The van der Waals surface area contributed by atoms with E-state index < -0.39 is 0 Å². The van der Waals surface area contributed by atoms with E-state index in [1.54, 1.807) is 0 Å². The molecule has 1 fully saturated rings. The quantitative estimate of drug-likeness (QED) is 0.488. The number of nitrogens with one attached hydrogen (secondary N) is 1. The minimum absolute atomic E-state index is 0.501. The Morgan fingerprint density at radius 2 is 2.36 bits per heavy atom. The van der Waals surface area contributed by atoms with Crippen LogP contribution in [0.3, 0.4) is 0 Å². The number of hydrogen-bond acceptors (Lipinski definition) is 3. The second-order valence-electron chi connectivity index (χ2n) is 4.22. The first-order valence-electron chi connectivity index (χ1n) is 5.94. The molecule has 1 aliphatic heterocycles. The van der Waals surface area contributed by atoms with Crippen LogP contribution in [-0.2, 0) is 4.74 Å². The molecule has 3 N–H and O–H groups in total. The molecule has 1 aliphatic rings. The van der Waals surface area contributed by atoms with Crippen LogP contribution < -0.4 is 11.3 Å². The van der Waals surface area contributed by atoms with Crippen LogP contribution in [0, 0.1) is 0 Å². The Bertz CT molecular complexity index is 135. The van der Waals surface area contributed by atoms with E-state index in [4.69, 9.17) is 10.6 Å². The average Bonchev–Trinajstić information content (AvgIpc) is 2.69. The molecule has 0 bridgehead atoms. The lowest BCUT2D eigenvalue weighted by Crippen LogP contribution is -2.35. The maximum absolute atomic E-state index is 5.58. The first-order chi connectivity index (χ1) is 6.86. The molecular formula is C11H24N2O. The average molecular weight is 200 g/mol. The van der Waals surface area contributed by atoms with E-state index in [0.717, 1.165) is 6.61 Å². The zero-order valence-corrected chi connectivity index (χ0v) is 9.30.